The van der Waals surface area contributed by atoms with E-state index in [1.165, 1.54) is 6.92 Å². The average molecular weight is 217 g/mol. The van der Waals surface area contributed by atoms with Crippen molar-refractivity contribution in [2.75, 3.05) is 6.61 Å². The van der Waals surface area contributed by atoms with Crippen molar-refractivity contribution in [1.29, 1.82) is 0 Å². The summed E-state index contributed by atoms with van der Waals surface area (Å²) in [6.45, 7) is 5.47. The topological polar surface area (TPSA) is 75.6 Å². The number of esters is 1. The van der Waals surface area contributed by atoms with Crippen LogP contribution in [-0.4, -0.2) is 35.7 Å². The van der Waals surface area contributed by atoms with Crippen LogP contribution in [0.4, 0.5) is 0 Å². The number of nitrogens with one attached hydrogen (secondary N) is 1. The first kappa shape index (κ1) is 13.9. The second kappa shape index (κ2) is 7.23. The molecule has 0 amide bonds. The third-order valence-electron chi connectivity index (χ3n) is 1.97. The molecule has 0 aromatic rings. The Labute approximate surface area is 89.8 Å². The minimum Gasteiger partial charge on any atom is -0.480 e. The van der Waals surface area contributed by atoms with E-state index in [0.717, 1.165) is 6.42 Å². The monoisotopic (exact) mass is 217 g/mol. The van der Waals surface area contributed by atoms with Gasteiger partial charge in [-0.05, 0) is 20.3 Å². The van der Waals surface area contributed by atoms with Crippen molar-refractivity contribution in [2.24, 2.45) is 0 Å². The second-order valence-electron chi connectivity index (χ2n) is 3.32. The molecule has 0 heterocycles. The largest absolute Gasteiger partial charge is 0.480 e. The molecule has 0 aromatic heterocycles. The Balaban J connectivity index is 4.25. The number of hydrogen-bond donors (Lipinski definition) is 2. The van der Waals surface area contributed by atoms with Crippen molar-refractivity contribution in [2.45, 2.75) is 45.7 Å². The van der Waals surface area contributed by atoms with E-state index >= 15 is 0 Å². The van der Waals surface area contributed by atoms with Crippen molar-refractivity contribution >= 4 is 11.9 Å². The molecular weight excluding hydrogens is 198 g/mol. The second-order valence-corrected chi connectivity index (χ2v) is 3.32. The Kier molecular flexibility index (Phi) is 6.70. The number of rotatable bonds is 7. The third kappa shape index (κ3) is 5.37. The smallest absolute Gasteiger partial charge is 0.323 e. The van der Waals surface area contributed by atoms with Crippen molar-refractivity contribution in [1.82, 2.24) is 5.32 Å². The molecule has 5 heteroatoms. The number of aliphatic carboxylic acids is 1. The van der Waals surface area contributed by atoms with Gasteiger partial charge in [-0.1, -0.05) is 13.3 Å². The number of carbonyl (C=O) groups excluding carboxylic acids is 1. The summed E-state index contributed by atoms with van der Waals surface area (Å²) in [5, 5.41) is 11.4. The summed E-state index contributed by atoms with van der Waals surface area (Å²) in [6.07, 6.45) is 1.37. The zero-order valence-corrected chi connectivity index (χ0v) is 9.45. The first-order valence-electron chi connectivity index (χ1n) is 5.18. The van der Waals surface area contributed by atoms with Gasteiger partial charge < -0.3 is 9.84 Å². The molecule has 0 aliphatic heterocycles. The summed E-state index contributed by atoms with van der Waals surface area (Å²) in [7, 11) is 0. The van der Waals surface area contributed by atoms with Gasteiger partial charge >= 0.3 is 11.9 Å². The van der Waals surface area contributed by atoms with E-state index in [2.05, 4.69) is 5.32 Å². The van der Waals surface area contributed by atoms with Crippen LogP contribution in [0, 0.1) is 0 Å². The van der Waals surface area contributed by atoms with Crippen molar-refractivity contribution in [3.05, 3.63) is 0 Å². The van der Waals surface area contributed by atoms with E-state index < -0.39 is 18.1 Å². The van der Waals surface area contributed by atoms with Crippen LogP contribution >= 0.6 is 0 Å². The first-order valence-corrected chi connectivity index (χ1v) is 5.18. The summed E-state index contributed by atoms with van der Waals surface area (Å²) in [5.41, 5.74) is 0. The van der Waals surface area contributed by atoms with Crippen molar-refractivity contribution < 1.29 is 19.4 Å². The molecule has 0 spiro atoms. The lowest BCUT2D eigenvalue weighted by Crippen LogP contribution is -2.46. The zero-order valence-electron chi connectivity index (χ0n) is 9.45. The van der Waals surface area contributed by atoms with E-state index in [1.807, 2.05) is 6.92 Å². The number of carboxylic acid groups (broad SMARTS) is 1. The van der Waals surface area contributed by atoms with Gasteiger partial charge in [0.25, 0.3) is 0 Å². The fourth-order valence-corrected chi connectivity index (χ4v) is 1.17. The average Bonchev–Trinajstić information content (AvgIpc) is 2.17. The highest BCUT2D eigenvalue weighted by Gasteiger charge is 2.23. The fourth-order valence-electron chi connectivity index (χ4n) is 1.17. The summed E-state index contributed by atoms with van der Waals surface area (Å²) < 4.78 is 4.84. The van der Waals surface area contributed by atoms with Crippen molar-refractivity contribution in [3.63, 3.8) is 0 Å². The maximum absolute atomic E-state index is 11.4. The minimum absolute atomic E-state index is 0.308. The van der Waals surface area contributed by atoms with Crippen molar-refractivity contribution in [3.8, 4) is 0 Å². The highest BCUT2D eigenvalue weighted by molar-refractivity contribution is 5.78. The van der Waals surface area contributed by atoms with E-state index in [0.29, 0.717) is 13.0 Å². The molecule has 0 aliphatic rings. The maximum atomic E-state index is 11.4. The molecule has 0 fully saturated rings. The standard InChI is InChI=1S/C10H19NO4/c1-4-6-8(10(14)15-5-2)11-7(3)9(12)13/h7-8,11H,4-6H2,1-3H3,(H,12,13)/t7?,8-/m1/s1. The maximum Gasteiger partial charge on any atom is 0.323 e. The molecule has 0 saturated heterocycles. The normalized spacial score (nSPS) is 14.3. The Morgan fingerprint density at radius 3 is 2.40 bits per heavy atom. The van der Waals surface area contributed by atoms with Crippen LogP contribution in [0.3, 0.4) is 0 Å². The van der Waals surface area contributed by atoms with Gasteiger partial charge in [0, 0.05) is 0 Å². The van der Waals surface area contributed by atoms with Crippen LogP contribution in [0.5, 0.6) is 0 Å². The predicted molar refractivity (Wildman–Crippen MR) is 55.6 cm³/mol. The lowest BCUT2D eigenvalue weighted by Gasteiger charge is -2.18. The van der Waals surface area contributed by atoms with E-state index in [-0.39, 0.29) is 5.97 Å². The molecule has 0 bridgehead atoms. The molecule has 88 valence electrons. The van der Waals surface area contributed by atoms with E-state index in [9.17, 15) is 9.59 Å². The molecule has 15 heavy (non-hydrogen) atoms. The Morgan fingerprint density at radius 2 is 2.00 bits per heavy atom. The fraction of sp³-hybridized carbons (Fsp3) is 0.800. The van der Waals surface area contributed by atoms with Gasteiger partial charge in [-0.3, -0.25) is 14.9 Å². The minimum atomic E-state index is -0.972. The van der Waals surface area contributed by atoms with Gasteiger partial charge in [0.15, 0.2) is 0 Å². The Hall–Kier alpha value is -1.10. The van der Waals surface area contributed by atoms with Crippen LogP contribution in [-0.2, 0) is 14.3 Å². The predicted octanol–water partition coefficient (Wildman–Crippen LogP) is 0.781. The zero-order chi connectivity index (χ0) is 11.8. The number of carbonyl (C=O) groups is 2. The van der Waals surface area contributed by atoms with Gasteiger partial charge in [-0.2, -0.15) is 0 Å². The molecular formula is C10H19NO4. The summed E-state index contributed by atoms with van der Waals surface area (Å²) in [6, 6.07) is -1.27. The molecule has 0 aromatic carbocycles. The summed E-state index contributed by atoms with van der Waals surface area (Å²) >= 11 is 0. The summed E-state index contributed by atoms with van der Waals surface area (Å²) in [4.78, 5) is 22.0. The van der Waals surface area contributed by atoms with E-state index in [1.54, 1.807) is 6.92 Å². The third-order valence-corrected chi connectivity index (χ3v) is 1.97. The molecule has 0 radical (unpaired) electrons. The molecule has 5 nitrogen and oxygen atoms in total. The molecule has 2 atom stereocenters. The molecule has 1 unspecified atom stereocenters. The lowest BCUT2D eigenvalue weighted by atomic mass is 10.1. The molecule has 0 rings (SSSR count). The number of carboxylic acids is 1. The lowest BCUT2D eigenvalue weighted by molar-refractivity contribution is -0.147. The number of hydrogen-bond acceptors (Lipinski definition) is 4. The first-order chi connectivity index (χ1) is 7.02. The van der Waals surface area contributed by atoms with Crippen LogP contribution in [0.15, 0.2) is 0 Å². The van der Waals surface area contributed by atoms with Crippen LogP contribution in [0.1, 0.15) is 33.6 Å². The molecule has 0 saturated carbocycles. The summed E-state index contributed by atoms with van der Waals surface area (Å²) in [5.74, 6) is -1.35. The molecule has 0 aliphatic carbocycles. The molecule has 2 N–H and O–H groups in total. The Morgan fingerprint density at radius 1 is 1.40 bits per heavy atom. The van der Waals surface area contributed by atoms with E-state index in [4.69, 9.17) is 9.84 Å². The van der Waals surface area contributed by atoms with Crippen LogP contribution in [0.2, 0.25) is 0 Å². The van der Waals surface area contributed by atoms with Crippen LogP contribution in [0.25, 0.3) is 0 Å². The highest BCUT2D eigenvalue weighted by atomic mass is 16.5. The van der Waals surface area contributed by atoms with Gasteiger partial charge in [-0.15, -0.1) is 0 Å². The van der Waals surface area contributed by atoms with Gasteiger partial charge in [-0.25, -0.2) is 0 Å². The SMILES string of the molecule is CCC[C@@H](NC(C)C(=O)O)C(=O)OCC. The number of ether oxygens (including phenoxy) is 1. The van der Waals surface area contributed by atoms with Gasteiger partial charge in [0.1, 0.15) is 12.1 Å². The Bertz CT molecular complexity index is 217. The van der Waals surface area contributed by atoms with Gasteiger partial charge in [0.2, 0.25) is 0 Å². The van der Waals surface area contributed by atoms with Gasteiger partial charge in [0.05, 0.1) is 6.61 Å². The quantitative estimate of drug-likeness (QED) is 0.616. The van der Waals surface area contributed by atoms with Crippen LogP contribution < -0.4 is 5.32 Å². The highest BCUT2D eigenvalue weighted by Crippen LogP contribution is 2.01.